The molecule has 0 aliphatic carbocycles. The van der Waals surface area contributed by atoms with Crippen LogP contribution in [0.4, 0.5) is 0 Å². The molecule has 0 bridgehead atoms. The van der Waals surface area contributed by atoms with Gasteiger partial charge in [0.2, 0.25) is 0 Å². The van der Waals surface area contributed by atoms with E-state index in [2.05, 4.69) is 0 Å². The Labute approximate surface area is 89.0 Å². The average molecular weight is 240 g/mol. The van der Waals surface area contributed by atoms with Gasteiger partial charge in [-0.1, -0.05) is 0 Å². The van der Waals surface area contributed by atoms with Crippen LogP contribution in [0.2, 0.25) is 0 Å². The fraction of sp³-hybridized carbons (Fsp3) is 0.875. The molecule has 0 rings (SSSR count). The summed E-state index contributed by atoms with van der Waals surface area (Å²) in [6.07, 6.45) is 2.20. The van der Waals surface area contributed by atoms with Crippen LogP contribution in [0.25, 0.3) is 0 Å². The maximum atomic E-state index is 11.5. The standard InChI is InChI=1S/C8H16O4S2/c1-7(6-8(9)10)14(11,12)5-3-4-13-2/h7H,3-6H2,1-2H3,(H,9,10). The van der Waals surface area contributed by atoms with Crippen molar-refractivity contribution >= 4 is 27.6 Å². The Kier molecular flexibility index (Phi) is 6.19. The number of carbonyl (C=O) groups is 1. The van der Waals surface area contributed by atoms with Gasteiger partial charge >= 0.3 is 5.97 Å². The minimum Gasteiger partial charge on any atom is -0.481 e. The second-order valence-corrected chi connectivity index (χ2v) is 6.65. The number of carboxylic acids is 1. The zero-order valence-electron chi connectivity index (χ0n) is 8.39. The molecule has 1 atom stereocenters. The van der Waals surface area contributed by atoms with E-state index in [1.54, 1.807) is 11.8 Å². The van der Waals surface area contributed by atoms with E-state index in [0.717, 1.165) is 5.75 Å². The van der Waals surface area contributed by atoms with Crippen LogP contribution in [0.3, 0.4) is 0 Å². The van der Waals surface area contributed by atoms with Crippen LogP contribution >= 0.6 is 11.8 Å². The summed E-state index contributed by atoms with van der Waals surface area (Å²) in [4.78, 5) is 10.3. The van der Waals surface area contributed by atoms with Crippen LogP contribution in [0.15, 0.2) is 0 Å². The zero-order valence-corrected chi connectivity index (χ0v) is 10.0. The molecule has 0 fully saturated rings. The van der Waals surface area contributed by atoms with E-state index in [9.17, 15) is 13.2 Å². The second-order valence-electron chi connectivity index (χ2n) is 3.12. The van der Waals surface area contributed by atoms with E-state index in [4.69, 9.17) is 5.11 Å². The first-order valence-corrected chi connectivity index (χ1v) is 7.43. The van der Waals surface area contributed by atoms with Crippen molar-refractivity contribution in [2.75, 3.05) is 17.8 Å². The van der Waals surface area contributed by atoms with Gasteiger partial charge in [-0.3, -0.25) is 4.79 Å². The number of sulfone groups is 1. The Bertz CT molecular complexity index is 271. The molecule has 1 unspecified atom stereocenters. The monoisotopic (exact) mass is 240 g/mol. The van der Waals surface area contributed by atoms with Crippen LogP contribution in [-0.2, 0) is 14.6 Å². The van der Waals surface area contributed by atoms with E-state index >= 15 is 0 Å². The van der Waals surface area contributed by atoms with Gasteiger partial charge in [0.05, 0.1) is 17.4 Å². The number of aliphatic carboxylic acids is 1. The van der Waals surface area contributed by atoms with Crippen molar-refractivity contribution in [2.45, 2.75) is 25.0 Å². The highest BCUT2D eigenvalue weighted by Crippen LogP contribution is 2.09. The van der Waals surface area contributed by atoms with Crippen LogP contribution in [0, 0.1) is 0 Å². The molecule has 0 radical (unpaired) electrons. The minimum atomic E-state index is -3.22. The van der Waals surface area contributed by atoms with Crippen molar-refractivity contribution in [2.24, 2.45) is 0 Å². The highest BCUT2D eigenvalue weighted by atomic mass is 32.2. The summed E-state index contributed by atoms with van der Waals surface area (Å²) in [7, 11) is -3.22. The first-order valence-electron chi connectivity index (χ1n) is 4.32. The van der Waals surface area contributed by atoms with Gasteiger partial charge < -0.3 is 5.11 Å². The van der Waals surface area contributed by atoms with E-state index in [1.165, 1.54) is 6.92 Å². The molecule has 14 heavy (non-hydrogen) atoms. The summed E-state index contributed by atoms with van der Waals surface area (Å²) < 4.78 is 22.9. The van der Waals surface area contributed by atoms with Gasteiger partial charge in [0.1, 0.15) is 0 Å². The molecular formula is C8H16O4S2. The molecular weight excluding hydrogens is 224 g/mol. The molecule has 0 aromatic carbocycles. The minimum absolute atomic E-state index is 0.0856. The molecule has 0 saturated carbocycles. The van der Waals surface area contributed by atoms with Crippen molar-refractivity contribution < 1.29 is 18.3 Å². The molecule has 0 saturated heterocycles. The van der Waals surface area contributed by atoms with Crippen molar-refractivity contribution in [3.05, 3.63) is 0 Å². The van der Waals surface area contributed by atoms with Crippen LogP contribution in [0.1, 0.15) is 19.8 Å². The van der Waals surface area contributed by atoms with Gasteiger partial charge in [-0.2, -0.15) is 11.8 Å². The van der Waals surface area contributed by atoms with Gasteiger partial charge in [-0.25, -0.2) is 8.42 Å². The first kappa shape index (κ1) is 13.8. The van der Waals surface area contributed by atoms with Gasteiger partial charge in [0.25, 0.3) is 0 Å². The SMILES string of the molecule is CSCCCS(=O)(=O)C(C)CC(=O)O. The summed E-state index contributed by atoms with van der Waals surface area (Å²) >= 11 is 1.59. The molecule has 0 heterocycles. The van der Waals surface area contributed by atoms with Crippen molar-refractivity contribution in [3.63, 3.8) is 0 Å². The van der Waals surface area contributed by atoms with E-state index in [-0.39, 0.29) is 12.2 Å². The van der Waals surface area contributed by atoms with Gasteiger partial charge in [0.15, 0.2) is 9.84 Å². The molecule has 4 nitrogen and oxygen atoms in total. The fourth-order valence-electron chi connectivity index (χ4n) is 0.979. The van der Waals surface area contributed by atoms with Gasteiger partial charge in [-0.15, -0.1) is 0 Å². The Balaban J connectivity index is 4.10. The number of hydrogen-bond donors (Lipinski definition) is 1. The van der Waals surface area contributed by atoms with Crippen LogP contribution in [-0.4, -0.2) is 42.5 Å². The Morgan fingerprint density at radius 2 is 2.07 bits per heavy atom. The third-order valence-electron chi connectivity index (χ3n) is 1.85. The maximum Gasteiger partial charge on any atom is 0.304 e. The molecule has 0 aromatic rings. The predicted molar refractivity (Wildman–Crippen MR) is 58.5 cm³/mol. The van der Waals surface area contributed by atoms with Crippen LogP contribution < -0.4 is 0 Å². The first-order chi connectivity index (χ1) is 6.40. The van der Waals surface area contributed by atoms with Gasteiger partial charge in [0, 0.05) is 0 Å². The molecule has 0 aromatic heterocycles. The van der Waals surface area contributed by atoms with E-state index < -0.39 is 21.1 Å². The van der Waals surface area contributed by atoms with E-state index in [1.807, 2.05) is 6.26 Å². The topological polar surface area (TPSA) is 71.4 Å². The average Bonchev–Trinajstić information content (AvgIpc) is 2.03. The zero-order chi connectivity index (χ0) is 11.2. The predicted octanol–water partition coefficient (Wildman–Crippen LogP) is 1.02. The summed E-state index contributed by atoms with van der Waals surface area (Å²) in [5.74, 6) is -0.188. The Hall–Kier alpha value is -0.230. The summed E-state index contributed by atoms with van der Waals surface area (Å²) in [6, 6.07) is 0. The van der Waals surface area contributed by atoms with Gasteiger partial charge in [-0.05, 0) is 25.4 Å². The Morgan fingerprint density at radius 3 is 2.50 bits per heavy atom. The van der Waals surface area contributed by atoms with Crippen LogP contribution in [0.5, 0.6) is 0 Å². The normalized spacial score (nSPS) is 13.9. The molecule has 84 valence electrons. The molecule has 1 N–H and O–H groups in total. The number of thioether (sulfide) groups is 1. The molecule has 0 spiro atoms. The lowest BCUT2D eigenvalue weighted by Crippen LogP contribution is -2.24. The van der Waals surface area contributed by atoms with Crippen molar-refractivity contribution in [3.8, 4) is 0 Å². The summed E-state index contributed by atoms with van der Waals surface area (Å²) in [6.45, 7) is 1.45. The number of rotatable bonds is 7. The lowest BCUT2D eigenvalue weighted by Gasteiger charge is -2.09. The van der Waals surface area contributed by atoms with E-state index in [0.29, 0.717) is 6.42 Å². The fourth-order valence-corrected chi connectivity index (χ4v) is 2.94. The molecule has 6 heteroatoms. The molecule has 0 aliphatic rings. The number of carboxylic acid groups (broad SMARTS) is 1. The lowest BCUT2D eigenvalue weighted by atomic mass is 10.3. The number of hydrogen-bond acceptors (Lipinski definition) is 4. The lowest BCUT2D eigenvalue weighted by molar-refractivity contribution is -0.136. The second kappa shape index (κ2) is 6.29. The maximum absolute atomic E-state index is 11.5. The van der Waals surface area contributed by atoms with Crippen molar-refractivity contribution in [1.29, 1.82) is 0 Å². The third kappa shape index (κ3) is 5.49. The Morgan fingerprint density at radius 1 is 1.50 bits per heavy atom. The largest absolute Gasteiger partial charge is 0.481 e. The summed E-state index contributed by atoms with van der Waals surface area (Å²) in [5, 5.41) is 7.67. The molecule has 0 amide bonds. The smallest absolute Gasteiger partial charge is 0.304 e. The highest BCUT2D eigenvalue weighted by molar-refractivity contribution is 7.98. The summed E-state index contributed by atoms with van der Waals surface area (Å²) in [5.41, 5.74) is 0. The third-order valence-corrected chi connectivity index (χ3v) is 4.80. The molecule has 0 aliphatic heterocycles. The quantitative estimate of drug-likeness (QED) is 0.673. The van der Waals surface area contributed by atoms with Crippen molar-refractivity contribution in [1.82, 2.24) is 0 Å². The highest BCUT2D eigenvalue weighted by Gasteiger charge is 2.22.